The Labute approximate surface area is 134 Å². The molecule has 0 saturated carbocycles. The smallest absolute Gasteiger partial charge is 0.0438 e. The van der Waals surface area contributed by atoms with Crippen LogP contribution in [0.1, 0.15) is 45.6 Å². The zero-order valence-electron chi connectivity index (χ0n) is 13.7. The summed E-state index contributed by atoms with van der Waals surface area (Å²) >= 11 is 6.37. The predicted octanol–water partition coefficient (Wildman–Crippen LogP) is 4.13. The van der Waals surface area contributed by atoms with E-state index in [1.165, 1.54) is 31.5 Å². The molecule has 0 radical (unpaired) electrons. The fourth-order valence-corrected chi connectivity index (χ4v) is 3.50. The van der Waals surface area contributed by atoms with Gasteiger partial charge in [0.1, 0.15) is 0 Å². The fourth-order valence-electron chi connectivity index (χ4n) is 3.29. The largest absolute Gasteiger partial charge is 0.312 e. The molecule has 21 heavy (non-hydrogen) atoms. The standard InChI is InChI=1S/C18H29ClN2/c1-4-11-20-17(14-15-9-5-6-10-16(15)19)18(2,3)21-12-7-8-13-21/h5-6,9-10,17,20H,4,7-8,11-14H2,1-3H3. The van der Waals surface area contributed by atoms with Crippen LogP contribution in [0, 0.1) is 0 Å². The maximum atomic E-state index is 6.37. The normalized spacial score (nSPS) is 18.1. The van der Waals surface area contributed by atoms with Gasteiger partial charge in [-0.05, 0) is 70.8 Å². The minimum Gasteiger partial charge on any atom is -0.312 e. The van der Waals surface area contributed by atoms with Crippen molar-refractivity contribution in [1.82, 2.24) is 10.2 Å². The maximum Gasteiger partial charge on any atom is 0.0438 e. The summed E-state index contributed by atoms with van der Waals surface area (Å²) in [5.74, 6) is 0. The third kappa shape index (κ3) is 4.21. The van der Waals surface area contributed by atoms with Crippen LogP contribution < -0.4 is 5.32 Å². The zero-order valence-corrected chi connectivity index (χ0v) is 14.4. The van der Waals surface area contributed by atoms with Crippen molar-refractivity contribution in [3.63, 3.8) is 0 Å². The SMILES string of the molecule is CCCNC(Cc1ccccc1Cl)C(C)(C)N1CCCC1. The van der Waals surface area contributed by atoms with Gasteiger partial charge >= 0.3 is 0 Å². The molecule has 2 nitrogen and oxygen atoms in total. The molecule has 1 N–H and O–H groups in total. The molecule has 1 aromatic rings. The van der Waals surface area contributed by atoms with E-state index in [1.54, 1.807) is 0 Å². The van der Waals surface area contributed by atoms with Crippen molar-refractivity contribution in [3.8, 4) is 0 Å². The summed E-state index contributed by atoms with van der Waals surface area (Å²) < 4.78 is 0. The molecule has 3 heteroatoms. The maximum absolute atomic E-state index is 6.37. The zero-order chi connectivity index (χ0) is 15.3. The van der Waals surface area contributed by atoms with Gasteiger partial charge in [-0.25, -0.2) is 0 Å². The Balaban J connectivity index is 2.15. The molecule has 1 fully saturated rings. The summed E-state index contributed by atoms with van der Waals surface area (Å²) in [6, 6.07) is 8.67. The number of benzene rings is 1. The van der Waals surface area contributed by atoms with E-state index in [0.29, 0.717) is 6.04 Å². The van der Waals surface area contributed by atoms with Crippen LogP contribution in [0.4, 0.5) is 0 Å². The lowest BCUT2D eigenvalue weighted by atomic mass is 9.87. The number of halogens is 1. The average molecular weight is 309 g/mol. The number of hydrogen-bond acceptors (Lipinski definition) is 2. The van der Waals surface area contributed by atoms with E-state index in [0.717, 1.165) is 24.4 Å². The van der Waals surface area contributed by atoms with Crippen molar-refractivity contribution in [3.05, 3.63) is 34.9 Å². The van der Waals surface area contributed by atoms with Crippen LogP contribution in [0.25, 0.3) is 0 Å². The van der Waals surface area contributed by atoms with Crippen LogP contribution in [0.3, 0.4) is 0 Å². The molecule has 0 amide bonds. The molecule has 2 rings (SSSR count). The third-order valence-electron chi connectivity index (χ3n) is 4.80. The van der Waals surface area contributed by atoms with E-state index in [2.05, 4.69) is 43.1 Å². The Morgan fingerprint density at radius 1 is 1.24 bits per heavy atom. The van der Waals surface area contributed by atoms with Crippen molar-refractivity contribution in [1.29, 1.82) is 0 Å². The van der Waals surface area contributed by atoms with Crippen LogP contribution in [0.5, 0.6) is 0 Å². The quantitative estimate of drug-likeness (QED) is 0.815. The molecular weight excluding hydrogens is 280 g/mol. The number of hydrogen-bond donors (Lipinski definition) is 1. The Kier molecular flexibility index (Phi) is 6.09. The minimum atomic E-state index is 0.158. The fraction of sp³-hybridized carbons (Fsp3) is 0.667. The van der Waals surface area contributed by atoms with E-state index >= 15 is 0 Å². The molecule has 1 unspecified atom stereocenters. The Hall–Kier alpha value is -0.570. The van der Waals surface area contributed by atoms with Crippen molar-refractivity contribution in [2.24, 2.45) is 0 Å². The van der Waals surface area contributed by atoms with Crippen molar-refractivity contribution < 1.29 is 0 Å². The second kappa shape index (κ2) is 7.62. The lowest BCUT2D eigenvalue weighted by Gasteiger charge is -2.43. The first-order valence-electron chi connectivity index (χ1n) is 8.27. The molecule has 1 aliphatic rings. The summed E-state index contributed by atoms with van der Waals surface area (Å²) in [5, 5.41) is 4.65. The van der Waals surface area contributed by atoms with Gasteiger partial charge in [0.25, 0.3) is 0 Å². The Bertz CT molecular complexity index is 439. The van der Waals surface area contributed by atoms with Crippen LogP contribution >= 0.6 is 11.6 Å². The molecule has 0 aromatic heterocycles. The van der Waals surface area contributed by atoms with E-state index in [-0.39, 0.29) is 5.54 Å². The second-order valence-electron chi connectivity index (χ2n) is 6.65. The molecule has 0 aliphatic carbocycles. The minimum absolute atomic E-state index is 0.158. The Morgan fingerprint density at radius 2 is 1.90 bits per heavy atom. The molecule has 1 aliphatic heterocycles. The summed E-state index contributed by atoms with van der Waals surface area (Å²) in [4.78, 5) is 2.64. The van der Waals surface area contributed by atoms with Crippen LogP contribution in [0.15, 0.2) is 24.3 Å². The molecule has 1 heterocycles. The molecule has 0 spiro atoms. The molecule has 1 saturated heterocycles. The van der Waals surface area contributed by atoms with Crippen molar-refractivity contribution >= 4 is 11.6 Å². The molecule has 0 bridgehead atoms. The first kappa shape index (κ1) is 16.8. The first-order valence-corrected chi connectivity index (χ1v) is 8.65. The lowest BCUT2D eigenvalue weighted by Crippen LogP contribution is -2.58. The van der Waals surface area contributed by atoms with Gasteiger partial charge in [-0.15, -0.1) is 0 Å². The summed E-state index contributed by atoms with van der Waals surface area (Å²) in [7, 11) is 0. The monoisotopic (exact) mass is 308 g/mol. The van der Waals surface area contributed by atoms with E-state index in [9.17, 15) is 0 Å². The highest BCUT2D eigenvalue weighted by Crippen LogP contribution is 2.28. The van der Waals surface area contributed by atoms with Gasteiger partial charge in [0.15, 0.2) is 0 Å². The van der Waals surface area contributed by atoms with Gasteiger partial charge in [0.2, 0.25) is 0 Å². The molecular formula is C18H29ClN2. The van der Waals surface area contributed by atoms with E-state index in [4.69, 9.17) is 11.6 Å². The Morgan fingerprint density at radius 3 is 2.52 bits per heavy atom. The lowest BCUT2D eigenvalue weighted by molar-refractivity contribution is 0.106. The number of nitrogens with one attached hydrogen (secondary N) is 1. The second-order valence-corrected chi connectivity index (χ2v) is 7.06. The molecule has 1 atom stereocenters. The highest BCUT2D eigenvalue weighted by atomic mass is 35.5. The third-order valence-corrected chi connectivity index (χ3v) is 5.17. The predicted molar refractivity (Wildman–Crippen MR) is 92.1 cm³/mol. The number of rotatable bonds is 7. The van der Waals surface area contributed by atoms with Crippen LogP contribution in [-0.2, 0) is 6.42 Å². The highest BCUT2D eigenvalue weighted by molar-refractivity contribution is 6.31. The van der Waals surface area contributed by atoms with Crippen LogP contribution in [0.2, 0.25) is 5.02 Å². The molecule has 1 aromatic carbocycles. The topological polar surface area (TPSA) is 15.3 Å². The van der Waals surface area contributed by atoms with Crippen molar-refractivity contribution in [2.75, 3.05) is 19.6 Å². The van der Waals surface area contributed by atoms with Gasteiger partial charge in [-0.2, -0.15) is 0 Å². The van der Waals surface area contributed by atoms with E-state index in [1.807, 2.05) is 12.1 Å². The van der Waals surface area contributed by atoms with Gasteiger partial charge in [-0.3, -0.25) is 4.90 Å². The van der Waals surface area contributed by atoms with Gasteiger partial charge in [0.05, 0.1) is 0 Å². The summed E-state index contributed by atoms with van der Waals surface area (Å²) in [5.41, 5.74) is 1.41. The number of nitrogens with zero attached hydrogens (tertiary/aromatic N) is 1. The van der Waals surface area contributed by atoms with Gasteiger partial charge in [0, 0.05) is 16.6 Å². The van der Waals surface area contributed by atoms with Crippen LogP contribution in [-0.4, -0.2) is 36.1 Å². The first-order chi connectivity index (χ1) is 10.1. The van der Waals surface area contributed by atoms with Gasteiger partial charge < -0.3 is 5.32 Å². The summed E-state index contributed by atoms with van der Waals surface area (Å²) in [6.07, 6.45) is 4.81. The highest BCUT2D eigenvalue weighted by Gasteiger charge is 2.36. The summed E-state index contributed by atoms with van der Waals surface area (Å²) in [6.45, 7) is 10.5. The van der Waals surface area contributed by atoms with Crippen molar-refractivity contribution in [2.45, 2.75) is 58.0 Å². The van der Waals surface area contributed by atoms with E-state index < -0.39 is 0 Å². The molecule has 118 valence electrons. The average Bonchev–Trinajstić information content (AvgIpc) is 3.00. The van der Waals surface area contributed by atoms with Gasteiger partial charge in [-0.1, -0.05) is 36.7 Å². The number of likely N-dealkylation sites (tertiary alicyclic amines) is 1.